The van der Waals surface area contributed by atoms with Gasteiger partial charge >= 0.3 is 0 Å². The quantitative estimate of drug-likeness (QED) is 0.747. The predicted molar refractivity (Wildman–Crippen MR) is 80.0 cm³/mol. The molecule has 92 valence electrons. The lowest BCUT2D eigenvalue weighted by atomic mass is 10.1. The number of nitrogens with zero attached hydrogens (tertiary/aromatic N) is 2. The number of fused-ring (bicyclic) bond motifs is 1. The summed E-state index contributed by atoms with van der Waals surface area (Å²) in [6.45, 7) is 4.44. The van der Waals surface area contributed by atoms with Crippen LogP contribution in [0.3, 0.4) is 0 Å². The van der Waals surface area contributed by atoms with E-state index in [1.807, 2.05) is 0 Å². The molecular weight excluding hydrogens is 296 g/mol. The monoisotopic (exact) mass is 312 g/mol. The highest BCUT2D eigenvalue weighted by Gasteiger charge is 2.23. The molecule has 1 unspecified atom stereocenters. The van der Waals surface area contributed by atoms with E-state index in [2.05, 4.69) is 64.4 Å². The molecule has 17 heavy (non-hydrogen) atoms. The zero-order chi connectivity index (χ0) is 12.4. The van der Waals surface area contributed by atoms with Gasteiger partial charge in [0, 0.05) is 10.6 Å². The minimum absolute atomic E-state index is 0.583. The Morgan fingerprint density at radius 2 is 2.35 bits per heavy atom. The van der Waals surface area contributed by atoms with Crippen molar-refractivity contribution in [3.05, 3.63) is 34.5 Å². The first-order valence-corrected chi connectivity index (χ1v) is 7.88. The molecule has 0 aliphatic carbocycles. The van der Waals surface area contributed by atoms with Crippen LogP contribution in [0.25, 0.3) is 0 Å². The molecule has 0 aromatic carbocycles. The van der Waals surface area contributed by atoms with E-state index < -0.39 is 0 Å². The lowest BCUT2D eigenvalue weighted by Gasteiger charge is -2.27. The van der Waals surface area contributed by atoms with Crippen molar-refractivity contribution in [2.75, 3.05) is 6.26 Å². The van der Waals surface area contributed by atoms with E-state index in [-0.39, 0.29) is 0 Å². The average Bonchev–Trinajstić information content (AvgIpc) is 2.48. The van der Waals surface area contributed by atoms with Crippen molar-refractivity contribution in [2.24, 2.45) is 11.0 Å². The maximum absolute atomic E-state index is 4.59. The van der Waals surface area contributed by atoms with Crippen LogP contribution in [0.15, 0.2) is 39.6 Å². The maximum Gasteiger partial charge on any atom is 0.128 e. The van der Waals surface area contributed by atoms with Crippen LogP contribution >= 0.6 is 27.7 Å². The molecule has 1 atom stereocenters. The van der Waals surface area contributed by atoms with Crippen molar-refractivity contribution in [3.8, 4) is 0 Å². The molecule has 0 amide bonds. The van der Waals surface area contributed by atoms with Gasteiger partial charge < -0.3 is 0 Å². The summed E-state index contributed by atoms with van der Waals surface area (Å²) in [5.74, 6) is 0.583. The Bertz CT molecular complexity index is 435. The van der Waals surface area contributed by atoms with Crippen LogP contribution < -0.4 is 0 Å². The van der Waals surface area contributed by atoms with Gasteiger partial charge in [0.15, 0.2) is 0 Å². The summed E-state index contributed by atoms with van der Waals surface area (Å²) in [5, 5.41) is 6.67. The number of hydrogen-bond donors (Lipinski definition) is 0. The number of hydrogen-bond acceptors (Lipinski definition) is 3. The Balaban J connectivity index is 2.46. The fraction of sp³-hybridized carbons (Fsp3) is 0.462. The fourth-order valence-corrected chi connectivity index (χ4v) is 3.21. The molecule has 0 saturated heterocycles. The van der Waals surface area contributed by atoms with Crippen LogP contribution in [0, 0.1) is 5.92 Å². The van der Waals surface area contributed by atoms with Crippen molar-refractivity contribution in [2.45, 2.75) is 26.7 Å². The fourth-order valence-electron chi connectivity index (χ4n) is 2.07. The second kappa shape index (κ2) is 5.44. The number of allylic oxidation sites excluding steroid dienone is 4. The molecule has 0 radical (unpaired) electrons. The SMILES string of the molecule is CCC1=CC(C)CC=C2C(SC)=CC(Br)=NN12. The third kappa shape index (κ3) is 2.68. The second-order valence-electron chi connectivity index (χ2n) is 4.26. The van der Waals surface area contributed by atoms with Gasteiger partial charge in [-0.05, 0) is 47.0 Å². The molecule has 0 aromatic heterocycles. The van der Waals surface area contributed by atoms with Crippen molar-refractivity contribution >= 4 is 32.3 Å². The molecule has 4 heteroatoms. The normalized spacial score (nSPS) is 24.2. The minimum Gasteiger partial charge on any atom is -0.236 e. The highest BCUT2D eigenvalue weighted by molar-refractivity contribution is 9.18. The van der Waals surface area contributed by atoms with Gasteiger partial charge in [-0.25, -0.2) is 5.01 Å². The Kier molecular flexibility index (Phi) is 4.15. The van der Waals surface area contributed by atoms with Crippen LogP contribution in [0.4, 0.5) is 0 Å². The van der Waals surface area contributed by atoms with Crippen molar-refractivity contribution < 1.29 is 0 Å². The Morgan fingerprint density at radius 3 is 3.00 bits per heavy atom. The van der Waals surface area contributed by atoms with Gasteiger partial charge in [-0.1, -0.05) is 26.0 Å². The van der Waals surface area contributed by atoms with Crippen LogP contribution in [0.1, 0.15) is 26.7 Å². The molecule has 2 aliphatic heterocycles. The summed E-state index contributed by atoms with van der Waals surface area (Å²) in [6, 6.07) is 0. The molecule has 0 N–H and O–H groups in total. The highest BCUT2D eigenvalue weighted by Crippen LogP contribution is 2.36. The summed E-state index contributed by atoms with van der Waals surface area (Å²) >= 11 is 5.26. The summed E-state index contributed by atoms with van der Waals surface area (Å²) in [6.07, 6.45) is 10.9. The van der Waals surface area contributed by atoms with Gasteiger partial charge in [-0.3, -0.25) is 0 Å². The zero-order valence-electron chi connectivity index (χ0n) is 10.4. The van der Waals surface area contributed by atoms with Gasteiger partial charge in [0.05, 0.1) is 5.70 Å². The van der Waals surface area contributed by atoms with Gasteiger partial charge in [0.25, 0.3) is 0 Å². The van der Waals surface area contributed by atoms with E-state index >= 15 is 0 Å². The number of thioether (sulfide) groups is 1. The molecule has 0 fully saturated rings. The maximum atomic E-state index is 4.59. The van der Waals surface area contributed by atoms with Gasteiger partial charge in [-0.15, -0.1) is 11.8 Å². The lowest BCUT2D eigenvalue weighted by molar-refractivity contribution is 0.450. The van der Waals surface area contributed by atoms with E-state index in [0.29, 0.717) is 5.92 Å². The van der Waals surface area contributed by atoms with E-state index in [1.165, 1.54) is 16.3 Å². The Hall–Kier alpha value is -0.480. The highest BCUT2D eigenvalue weighted by atomic mass is 79.9. The van der Waals surface area contributed by atoms with Crippen LogP contribution in [-0.4, -0.2) is 15.9 Å². The average molecular weight is 313 g/mol. The standard InChI is InChI=1S/C13H17BrN2S/c1-4-10-7-9(2)5-6-11-12(17-3)8-13(14)15-16(10)11/h6-9H,4-5H2,1-3H3. The number of hydrazone groups is 1. The smallest absolute Gasteiger partial charge is 0.128 e. The molecular formula is C13H17BrN2S. The van der Waals surface area contributed by atoms with Crippen molar-refractivity contribution in [3.63, 3.8) is 0 Å². The second-order valence-corrected chi connectivity index (χ2v) is 5.92. The van der Waals surface area contributed by atoms with E-state index in [9.17, 15) is 0 Å². The summed E-state index contributed by atoms with van der Waals surface area (Å²) in [4.78, 5) is 1.28. The Morgan fingerprint density at radius 1 is 1.59 bits per heavy atom. The van der Waals surface area contributed by atoms with Gasteiger partial charge in [0.2, 0.25) is 0 Å². The van der Waals surface area contributed by atoms with Crippen molar-refractivity contribution in [1.29, 1.82) is 0 Å². The predicted octanol–water partition coefficient (Wildman–Crippen LogP) is 4.47. The third-order valence-electron chi connectivity index (χ3n) is 2.94. The molecule has 0 aromatic rings. The Labute approximate surface area is 116 Å². The van der Waals surface area contributed by atoms with E-state index in [0.717, 1.165) is 17.5 Å². The largest absolute Gasteiger partial charge is 0.236 e. The number of halogens is 1. The van der Waals surface area contributed by atoms with Gasteiger partial charge in [-0.2, -0.15) is 5.10 Å². The molecule has 2 nitrogen and oxygen atoms in total. The van der Waals surface area contributed by atoms with E-state index in [4.69, 9.17) is 0 Å². The first kappa shape index (κ1) is 13.0. The lowest BCUT2D eigenvalue weighted by Crippen LogP contribution is -2.20. The summed E-state index contributed by atoms with van der Waals surface area (Å²) < 4.78 is 0.896. The van der Waals surface area contributed by atoms with Crippen LogP contribution in [0.2, 0.25) is 0 Å². The molecule has 2 rings (SSSR count). The molecule has 0 saturated carbocycles. The van der Waals surface area contributed by atoms with Crippen LogP contribution in [0.5, 0.6) is 0 Å². The third-order valence-corrected chi connectivity index (χ3v) is 4.09. The van der Waals surface area contributed by atoms with Gasteiger partial charge in [0.1, 0.15) is 4.62 Å². The molecule has 0 spiro atoms. The van der Waals surface area contributed by atoms with Crippen molar-refractivity contribution in [1.82, 2.24) is 5.01 Å². The molecule has 2 heterocycles. The number of rotatable bonds is 2. The molecule has 2 aliphatic rings. The first-order chi connectivity index (χ1) is 8.15. The topological polar surface area (TPSA) is 15.6 Å². The van der Waals surface area contributed by atoms with Crippen LogP contribution in [-0.2, 0) is 0 Å². The summed E-state index contributed by atoms with van der Waals surface area (Å²) in [7, 11) is 0. The molecule has 0 bridgehead atoms. The summed E-state index contributed by atoms with van der Waals surface area (Å²) in [5.41, 5.74) is 2.52. The zero-order valence-corrected chi connectivity index (χ0v) is 12.8. The first-order valence-electron chi connectivity index (χ1n) is 5.86. The minimum atomic E-state index is 0.583. The van der Waals surface area contributed by atoms with E-state index in [1.54, 1.807) is 11.8 Å².